The molecule has 2 nitrogen and oxygen atoms in total. The number of carbonyl (C=O) groups is 2. The Kier molecular flexibility index (Phi) is 4.69. The van der Waals surface area contributed by atoms with E-state index in [1.165, 1.54) is 0 Å². The fourth-order valence-corrected chi connectivity index (χ4v) is 5.72. The molecule has 4 aliphatic rings. The van der Waals surface area contributed by atoms with Gasteiger partial charge < -0.3 is 0 Å². The molecule has 4 aliphatic carbocycles. The van der Waals surface area contributed by atoms with Crippen molar-refractivity contribution in [1.29, 1.82) is 0 Å². The van der Waals surface area contributed by atoms with Gasteiger partial charge in [0, 0.05) is 11.8 Å². The van der Waals surface area contributed by atoms with Crippen LogP contribution in [0.25, 0.3) is 6.08 Å². The zero-order chi connectivity index (χ0) is 21.9. The molecule has 30 heavy (non-hydrogen) atoms. The van der Waals surface area contributed by atoms with Crippen molar-refractivity contribution >= 4 is 17.6 Å². The Morgan fingerprint density at radius 3 is 2.23 bits per heavy atom. The number of allylic oxidation sites excluding steroid dienone is 7. The van der Waals surface area contributed by atoms with E-state index in [1.807, 2.05) is 18.2 Å². The van der Waals surface area contributed by atoms with Crippen LogP contribution in [0, 0.1) is 34.0 Å². The van der Waals surface area contributed by atoms with Crippen molar-refractivity contribution < 1.29 is 9.59 Å². The third-order valence-corrected chi connectivity index (χ3v) is 7.24. The Balaban J connectivity index is 1.83. The molecule has 4 atom stereocenters. The van der Waals surface area contributed by atoms with Gasteiger partial charge in [-0.2, -0.15) is 0 Å². The Hall–Kier alpha value is -2.48. The highest BCUT2D eigenvalue weighted by molar-refractivity contribution is 6.43. The van der Waals surface area contributed by atoms with E-state index in [2.05, 4.69) is 90.1 Å². The van der Waals surface area contributed by atoms with Crippen molar-refractivity contribution in [2.75, 3.05) is 0 Å². The summed E-state index contributed by atoms with van der Waals surface area (Å²) in [7, 11) is 0. The van der Waals surface area contributed by atoms with Crippen molar-refractivity contribution in [2.45, 2.75) is 41.5 Å². The summed E-state index contributed by atoms with van der Waals surface area (Å²) in [5.74, 6) is -0.664. The van der Waals surface area contributed by atoms with E-state index >= 15 is 0 Å². The van der Waals surface area contributed by atoms with E-state index in [0.29, 0.717) is 0 Å². The second-order valence-electron chi connectivity index (χ2n) is 11.0. The molecule has 156 valence electrons. The van der Waals surface area contributed by atoms with Gasteiger partial charge in [0.2, 0.25) is 11.6 Å². The summed E-state index contributed by atoms with van der Waals surface area (Å²) in [5.41, 5.74) is 2.15. The normalized spacial score (nSPS) is 32.3. The summed E-state index contributed by atoms with van der Waals surface area (Å²) >= 11 is 0. The number of benzene rings is 1. The lowest BCUT2D eigenvalue weighted by atomic mass is 9.43. The lowest BCUT2D eigenvalue weighted by Gasteiger charge is -2.58. The molecule has 0 unspecified atom stereocenters. The quantitative estimate of drug-likeness (QED) is 0.436. The van der Waals surface area contributed by atoms with Crippen molar-refractivity contribution in [2.24, 2.45) is 34.0 Å². The minimum atomic E-state index is -0.776. The maximum atomic E-state index is 13.4. The number of hydrogen-bond acceptors (Lipinski definition) is 2. The van der Waals surface area contributed by atoms with Crippen LogP contribution in [0.4, 0.5) is 0 Å². The second kappa shape index (κ2) is 6.77. The van der Waals surface area contributed by atoms with Gasteiger partial charge in [-0.05, 0) is 22.0 Å². The average molecular weight is 401 g/mol. The first-order chi connectivity index (χ1) is 14.0. The van der Waals surface area contributed by atoms with Crippen LogP contribution in [-0.2, 0) is 9.59 Å². The third kappa shape index (κ3) is 2.92. The predicted molar refractivity (Wildman–Crippen MR) is 123 cm³/mol. The zero-order valence-corrected chi connectivity index (χ0v) is 18.9. The standard InChI is InChI=1S/C28H32O2/c1-26(2,3)21-17-28(27(4,5)6)20-16-15-19(22(20)23(21)24(29)25(28)30)14-10-13-18-11-8-7-9-12-18/h7-17,20,22-23H,1-6H3/b13-10+,19-14+/t20-,22+,23+,28+/m1/s1. The Labute approximate surface area is 180 Å². The van der Waals surface area contributed by atoms with Crippen molar-refractivity contribution in [1.82, 2.24) is 0 Å². The number of carbonyl (C=O) groups excluding carboxylic acids is 2. The third-order valence-electron chi connectivity index (χ3n) is 7.24. The Morgan fingerprint density at radius 2 is 1.63 bits per heavy atom. The van der Waals surface area contributed by atoms with Gasteiger partial charge in [-0.15, -0.1) is 0 Å². The van der Waals surface area contributed by atoms with E-state index in [4.69, 9.17) is 0 Å². The highest BCUT2D eigenvalue weighted by atomic mass is 16.2. The van der Waals surface area contributed by atoms with Gasteiger partial charge in [0.05, 0.1) is 11.3 Å². The molecule has 5 rings (SSSR count). The Bertz CT molecular complexity index is 1000. The van der Waals surface area contributed by atoms with Crippen LogP contribution in [0.1, 0.15) is 47.1 Å². The van der Waals surface area contributed by atoms with Crippen LogP contribution in [0.5, 0.6) is 0 Å². The molecule has 1 aromatic carbocycles. The number of fused-ring (bicyclic) bond motifs is 1. The highest BCUT2D eigenvalue weighted by Crippen LogP contribution is 2.65. The topological polar surface area (TPSA) is 34.1 Å². The monoisotopic (exact) mass is 400 g/mol. The fraction of sp³-hybridized carbons (Fsp3) is 0.429. The van der Waals surface area contributed by atoms with E-state index < -0.39 is 5.41 Å². The molecule has 0 radical (unpaired) electrons. The van der Waals surface area contributed by atoms with Gasteiger partial charge in [-0.3, -0.25) is 9.59 Å². The largest absolute Gasteiger partial charge is 0.290 e. The van der Waals surface area contributed by atoms with E-state index in [0.717, 1.165) is 16.7 Å². The second-order valence-corrected chi connectivity index (χ2v) is 11.0. The summed E-state index contributed by atoms with van der Waals surface area (Å²) in [6.07, 6.45) is 12.8. The first-order valence-electron chi connectivity index (χ1n) is 10.9. The maximum absolute atomic E-state index is 13.4. The molecular formula is C28H32O2. The summed E-state index contributed by atoms with van der Waals surface area (Å²) in [6.45, 7) is 12.8. The molecule has 2 heteroatoms. The minimum Gasteiger partial charge on any atom is -0.290 e. The fourth-order valence-electron chi connectivity index (χ4n) is 5.72. The SMILES string of the molecule is CC(C)(C)C1=C[C@@]2(C(C)(C)C)C(=O)C(=O)[C@@H]1[C@H]1/C(=C/C=C/c3ccccc3)C=C[C@H]12. The van der Waals surface area contributed by atoms with Crippen LogP contribution in [-0.4, -0.2) is 11.6 Å². The molecule has 0 saturated heterocycles. The average Bonchev–Trinajstić information content (AvgIpc) is 3.09. The molecule has 0 aromatic heterocycles. The summed E-state index contributed by atoms with van der Waals surface area (Å²) in [4.78, 5) is 26.8. The van der Waals surface area contributed by atoms with Crippen molar-refractivity contribution in [3.8, 4) is 0 Å². The molecule has 0 aliphatic heterocycles. The van der Waals surface area contributed by atoms with Gasteiger partial charge in [0.25, 0.3) is 0 Å². The number of rotatable bonds is 2. The molecule has 0 spiro atoms. The van der Waals surface area contributed by atoms with Gasteiger partial charge >= 0.3 is 0 Å². The maximum Gasteiger partial charge on any atom is 0.210 e. The summed E-state index contributed by atoms with van der Waals surface area (Å²) in [5, 5.41) is 0. The molecule has 1 aromatic rings. The number of hydrogen-bond donors (Lipinski definition) is 0. The summed E-state index contributed by atoms with van der Waals surface area (Å²) in [6, 6.07) is 10.2. The van der Waals surface area contributed by atoms with Gasteiger partial charge in [0.1, 0.15) is 0 Å². The van der Waals surface area contributed by atoms with Gasteiger partial charge in [-0.25, -0.2) is 0 Å². The lowest BCUT2D eigenvalue weighted by molar-refractivity contribution is -0.157. The Morgan fingerprint density at radius 1 is 0.967 bits per heavy atom. The first kappa shape index (κ1) is 20.8. The van der Waals surface area contributed by atoms with Crippen LogP contribution in [0.2, 0.25) is 0 Å². The molecule has 1 fully saturated rings. The molecule has 0 amide bonds. The predicted octanol–water partition coefficient (Wildman–Crippen LogP) is 6.22. The summed E-state index contributed by atoms with van der Waals surface area (Å²) < 4.78 is 0. The number of ketones is 2. The molecular weight excluding hydrogens is 368 g/mol. The molecule has 0 heterocycles. The van der Waals surface area contributed by atoms with E-state index in [-0.39, 0.29) is 40.2 Å². The van der Waals surface area contributed by atoms with Crippen LogP contribution in [0.15, 0.2) is 71.9 Å². The van der Waals surface area contributed by atoms with Crippen LogP contribution in [0.3, 0.4) is 0 Å². The highest BCUT2D eigenvalue weighted by Gasteiger charge is 2.67. The van der Waals surface area contributed by atoms with Gasteiger partial charge in [-0.1, -0.05) is 114 Å². The van der Waals surface area contributed by atoms with E-state index in [9.17, 15) is 9.59 Å². The first-order valence-corrected chi connectivity index (χ1v) is 10.9. The number of Topliss-reactive ketones (excluding diaryl/α,β-unsaturated/α-hetero) is 2. The minimum absolute atomic E-state index is 0.0362. The van der Waals surface area contributed by atoms with E-state index in [1.54, 1.807) is 0 Å². The lowest BCUT2D eigenvalue weighted by Crippen LogP contribution is -2.63. The van der Waals surface area contributed by atoms with Crippen molar-refractivity contribution in [3.05, 3.63) is 77.4 Å². The van der Waals surface area contributed by atoms with Crippen LogP contribution < -0.4 is 0 Å². The molecule has 1 saturated carbocycles. The van der Waals surface area contributed by atoms with Crippen molar-refractivity contribution in [3.63, 3.8) is 0 Å². The van der Waals surface area contributed by atoms with Crippen LogP contribution >= 0.6 is 0 Å². The molecule has 0 N–H and O–H groups in total. The smallest absolute Gasteiger partial charge is 0.210 e. The van der Waals surface area contributed by atoms with Gasteiger partial charge in [0.15, 0.2) is 0 Å². The molecule has 2 bridgehead atoms. The zero-order valence-electron chi connectivity index (χ0n) is 18.9.